The molecule has 1 aromatic rings. The van der Waals surface area contributed by atoms with Crippen molar-refractivity contribution in [3.05, 3.63) is 24.3 Å². The molecule has 0 N–H and O–H groups in total. The molecule has 4 aliphatic heterocycles. The first-order valence-corrected chi connectivity index (χ1v) is 10.5. The first-order chi connectivity index (χ1) is 13.4. The molecule has 4 heterocycles. The van der Waals surface area contributed by atoms with Crippen LogP contribution in [0.2, 0.25) is 0 Å². The van der Waals surface area contributed by atoms with Crippen molar-refractivity contribution in [1.82, 2.24) is 0 Å². The molecule has 1 aliphatic carbocycles. The zero-order valence-electron chi connectivity index (χ0n) is 17.1. The molecule has 1 unspecified atom stereocenters. The van der Waals surface area contributed by atoms with Crippen LogP contribution in [0, 0.1) is 23.7 Å². The van der Waals surface area contributed by atoms with E-state index in [1.165, 1.54) is 6.42 Å². The normalized spacial score (nSPS) is 47.1. The Morgan fingerprint density at radius 3 is 2.46 bits per heavy atom. The lowest BCUT2D eigenvalue weighted by atomic mass is 9.58. The zero-order valence-corrected chi connectivity index (χ0v) is 17.1. The van der Waals surface area contributed by atoms with Crippen molar-refractivity contribution < 1.29 is 28.7 Å². The smallest absolute Gasteiger partial charge is 0.205 e. The Balaban J connectivity index is 1.46. The van der Waals surface area contributed by atoms with Gasteiger partial charge in [-0.15, -0.1) is 0 Å². The summed E-state index contributed by atoms with van der Waals surface area (Å²) in [5.74, 6) is 2.14. The molecule has 0 aromatic heterocycles. The summed E-state index contributed by atoms with van der Waals surface area (Å²) >= 11 is 0. The average Bonchev–Trinajstić information content (AvgIpc) is 2.92. The molecule has 6 rings (SSSR count). The van der Waals surface area contributed by atoms with Crippen LogP contribution in [0.4, 0.5) is 0 Å². The van der Waals surface area contributed by atoms with E-state index in [9.17, 15) is 0 Å². The van der Waals surface area contributed by atoms with Gasteiger partial charge in [-0.1, -0.05) is 13.8 Å². The second-order valence-corrected chi connectivity index (χ2v) is 9.07. The van der Waals surface area contributed by atoms with Crippen molar-refractivity contribution in [2.24, 2.45) is 23.7 Å². The molecule has 4 saturated heterocycles. The highest BCUT2D eigenvalue weighted by Gasteiger charge is 2.69. The Bertz CT molecular complexity index is 722. The van der Waals surface area contributed by atoms with E-state index in [2.05, 4.69) is 13.8 Å². The summed E-state index contributed by atoms with van der Waals surface area (Å²) in [6.07, 6.45) is 3.22. The first kappa shape index (κ1) is 18.7. The molecule has 154 valence electrons. The van der Waals surface area contributed by atoms with Crippen molar-refractivity contribution in [2.75, 3.05) is 7.11 Å². The monoisotopic (exact) mass is 390 g/mol. The van der Waals surface area contributed by atoms with E-state index < -0.39 is 24.0 Å². The molecular formula is C22H30O6. The highest BCUT2D eigenvalue weighted by Crippen LogP contribution is 2.60. The lowest BCUT2D eigenvalue weighted by Gasteiger charge is -2.60. The first-order valence-electron chi connectivity index (χ1n) is 10.5. The highest BCUT2D eigenvalue weighted by atomic mass is 17.3. The lowest BCUT2D eigenvalue weighted by molar-refractivity contribution is -0.575. The largest absolute Gasteiger partial charge is 0.497 e. The van der Waals surface area contributed by atoms with E-state index in [1.807, 2.05) is 31.2 Å². The molecule has 1 spiro atoms. The molecule has 6 heteroatoms. The van der Waals surface area contributed by atoms with Crippen LogP contribution in [-0.4, -0.2) is 31.1 Å². The summed E-state index contributed by atoms with van der Waals surface area (Å²) in [6.45, 7) is 6.46. The third kappa shape index (κ3) is 2.69. The standard InChI is InChI=1S/C22H30O6/c1-13-5-10-18-14(2)19(24-16-8-6-15(23-4)7-9-16)25-20-22(18)17(13)11-12-21(3,26-20)27-28-22/h6-9,13-14,17-20H,5,10-12H2,1-4H3/t13-,14-,17?,18+,19+,20-,21-,22-/m1/s1. The number of ether oxygens (including phenoxy) is 4. The minimum atomic E-state index is -0.761. The van der Waals surface area contributed by atoms with Gasteiger partial charge in [0.25, 0.3) is 0 Å². The fraction of sp³-hybridized carbons (Fsp3) is 0.727. The Morgan fingerprint density at radius 1 is 0.964 bits per heavy atom. The van der Waals surface area contributed by atoms with E-state index in [-0.39, 0.29) is 11.8 Å². The molecule has 28 heavy (non-hydrogen) atoms. The van der Waals surface area contributed by atoms with Crippen LogP contribution in [0.25, 0.3) is 0 Å². The zero-order chi connectivity index (χ0) is 19.5. The predicted octanol–water partition coefficient (Wildman–Crippen LogP) is 4.28. The van der Waals surface area contributed by atoms with Crippen LogP contribution < -0.4 is 9.47 Å². The summed E-state index contributed by atoms with van der Waals surface area (Å²) in [5.41, 5.74) is -0.549. The third-order valence-corrected chi connectivity index (χ3v) is 7.41. The number of hydrogen-bond donors (Lipinski definition) is 0. The van der Waals surface area contributed by atoms with Gasteiger partial charge >= 0.3 is 0 Å². The molecule has 5 fully saturated rings. The summed E-state index contributed by atoms with van der Waals surface area (Å²) < 4.78 is 24.3. The van der Waals surface area contributed by atoms with Crippen molar-refractivity contribution >= 4 is 0 Å². The number of methoxy groups -OCH3 is 1. The Labute approximate surface area is 166 Å². The van der Waals surface area contributed by atoms with Crippen LogP contribution in [-0.2, 0) is 19.2 Å². The van der Waals surface area contributed by atoms with Crippen molar-refractivity contribution in [3.63, 3.8) is 0 Å². The predicted molar refractivity (Wildman–Crippen MR) is 100 cm³/mol. The highest BCUT2D eigenvalue weighted by molar-refractivity contribution is 5.31. The maximum atomic E-state index is 6.44. The van der Waals surface area contributed by atoms with Gasteiger partial charge in [-0.25, -0.2) is 9.78 Å². The minimum Gasteiger partial charge on any atom is -0.497 e. The van der Waals surface area contributed by atoms with Gasteiger partial charge in [-0.2, -0.15) is 0 Å². The topological polar surface area (TPSA) is 55.4 Å². The van der Waals surface area contributed by atoms with Gasteiger partial charge in [0.15, 0.2) is 11.9 Å². The van der Waals surface area contributed by atoms with Gasteiger partial charge in [0.2, 0.25) is 12.1 Å². The Morgan fingerprint density at radius 2 is 1.71 bits per heavy atom. The van der Waals surface area contributed by atoms with Crippen LogP contribution in [0.1, 0.15) is 46.5 Å². The molecule has 1 saturated carbocycles. The van der Waals surface area contributed by atoms with E-state index in [0.717, 1.165) is 30.8 Å². The SMILES string of the molecule is COc1ccc(O[C@H]2O[C@@H]3O[C@@]4(C)CCC5[C@H](C)CC[C@@H]([C@H]2C)[C@]53OO4)cc1. The number of hydrogen-bond acceptors (Lipinski definition) is 6. The van der Waals surface area contributed by atoms with Crippen molar-refractivity contribution in [2.45, 2.75) is 70.4 Å². The van der Waals surface area contributed by atoms with Crippen molar-refractivity contribution in [3.8, 4) is 11.5 Å². The molecule has 2 bridgehead atoms. The van der Waals surface area contributed by atoms with E-state index in [4.69, 9.17) is 28.7 Å². The molecule has 8 atom stereocenters. The van der Waals surface area contributed by atoms with Crippen LogP contribution in [0.3, 0.4) is 0 Å². The van der Waals surface area contributed by atoms with Gasteiger partial charge < -0.3 is 18.9 Å². The van der Waals surface area contributed by atoms with Crippen LogP contribution in [0.5, 0.6) is 11.5 Å². The van der Waals surface area contributed by atoms with E-state index in [1.54, 1.807) is 7.11 Å². The molecule has 6 nitrogen and oxygen atoms in total. The van der Waals surface area contributed by atoms with Crippen LogP contribution >= 0.6 is 0 Å². The van der Waals surface area contributed by atoms with Gasteiger partial charge in [0.1, 0.15) is 11.5 Å². The third-order valence-electron chi connectivity index (χ3n) is 7.41. The maximum absolute atomic E-state index is 6.44. The van der Waals surface area contributed by atoms with Gasteiger partial charge in [-0.3, -0.25) is 0 Å². The van der Waals surface area contributed by atoms with Crippen LogP contribution in [0.15, 0.2) is 24.3 Å². The summed E-state index contributed by atoms with van der Waals surface area (Å²) in [4.78, 5) is 12.0. The maximum Gasteiger partial charge on any atom is 0.205 e. The molecular weight excluding hydrogens is 360 g/mol. The molecule has 0 amide bonds. The number of benzene rings is 1. The fourth-order valence-corrected chi connectivity index (χ4v) is 5.80. The van der Waals surface area contributed by atoms with Crippen molar-refractivity contribution in [1.29, 1.82) is 0 Å². The molecule has 5 aliphatic rings. The van der Waals surface area contributed by atoms with E-state index >= 15 is 0 Å². The van der Waals surface area contributed by atoms with Gasteiger partial charge in [0.05, 0.1) is 7.11 Å². The average molecular weight is 390 g/mol. The summed E-state index contributed by atoms with van der Waals surface area (Å²) in [6, 6.07) is 7.60. The summed E-state index contributed by atoms with van der Waals surface area (Å²) in [5, 5.41) is 0. The van der Waals surface area contributed by atoms with Gasteiger partial charge in [0, 0.05) is 18.3 Å². The van der Waals surface area contributed by atoms with E-state index in [0.29, 0.717) is 11.8 Å². The number of rotatable bonds is 3. The second kappa shape index (κ2) is 6.59. The fourth-order valence-electron chi connectivity index (χ4n) is 5.80. The quantitative estimate of drug-likeness (QED) is 0.718. The summed E-state index contributed by atoms with van der Waals surface area (Å²) in [7, 11) is 1.66. The lowest BCUT2D eigenvalue weighted by Crippen LogP contribution is -2.70. The molecule has 1 aromatic carbocycles. The Kier molecular flexibility index (Phi) is 4.40. The Hall–Kier alpha value is -1.34. The molecule has 0 radical (unpaired) electrons. The minimum absolute atomic E-state index is 0.156. The number of fused-ring (bicyclic) bond motifs is 2. The van der Waals surface area contributed by atoms with Gasteiger partial charge in [-0.05, 0) is 62.3 Å². The second-order valence-electron chi connectivity index (χ2n) is 9.07.